The third kappa shape index (κ3) is 5.41. The highest BCUT2D eigenvalue weighted by Gasteiger charge is 2.18. The molecule has 0 fully saturated rings. The molecule has 4 rings (SSSR count). The Morgan fingerprint density at radius 2 is 2.06 bits per heavy atom. The lowest BCUT2D eigenvalue weighted by molar-refractivity contribution is -0.117. The predicted octanol–water partition coefficient (Wildman–Crippen LogP) is 3.12. The smallest absolute Gasteiger partial charge is 0.222 e. The lowest BCUT2D eigenvalue weighted by Crippen LogP contribution is -2.17. The van der Waals surface area contributed by atoms with Crippen LogP contribution in [0.3, 0.4) is 0 Å². The Morgan fingerprint density at radius 3 is 2.75 bits per heavy atom. The number of benzene rings is 1. The number of aromatic nitrogens is 5. The van der Waals surface area contributed by atoms with Crippen LogP contribution in [0.15, 0.2) is 65.2 Å². The molecule has 0 atom stereocenters. The standard InChI is InChI=1S/C23H20F2N8O3/c1-35-21(27)14(8-20(26)34)10-28-22-16(25)11-29-23(30-22)18-9-19(17-6-7-36-32-17)33(31-18)12-13-4-2-3-5-15(13)24/h2-7,9-11,27H,8,12H2,1H3,(H2,26,34)(H,28,29,30)/b14-10-,27-21?. The van der Waals surface area contributed by atoms with Gasteiger partial charge in [0.25, 0.3) is 0 Å². The summed E-state index contributed by atoms with van der Waals surface area (Å²) < 4.78 is 40.0. The van der Waals surface area contributed by atoms with Crippen LogP contribution in [0.4, 0.5) is 14.6 Å². The van der Waals surface area contributed by atoms with Crippen molar-refractivity contribution >= 4 is 17.6 Å². The fourth-order valence-electron chi connectivity index (χ4n) is 3.25. The van der Waals surface area contributed by atoms with Crippen LogP contribution in [0, 0.1) is 17.0 Å². The van der Waals surface area contributed by atoms with Gasteiger partial charge in [0.2, 0.25) is 11.8 Å². The van der Waals surface area contributed by atoms with Gasteiger partial charge in [-0.25, -0.2) is 18.7 Å². The maximum absolute atomic E-state index is 14.4. The number of ether oxygens (including phenoxy) is 1. The van der Waals surface area contributed by atoms with Crippen molar-refractivity contribution in [2.45, 2.75) is 13.0 Å². The van der Waals surface area contributed by atoms with E-state index >= 15 is 0 Å². The summed E-state index contributed by atoms with van der Waals surface area (Å²) in [5.41, 5.74) is 6.90. The number of nitrogens with two attached hydrogens (primary N) is 1. The van der Waals surface area contributed by atoms with Gasteiger partial charge < -0.3 is 20.3 Å². The van der Waals surface area contributed by atoms with Gasteiger partial charge in [0, 0.05) is 23.4 Å². The lowest BCUT2D eigenvalue weighted by Gasteiger charge is -2.08. The highest BCUT2D eigenvalue weighted by Crippen LogP contribution is 2.26. The molecule has 0 unspecified atom stereocenters. The highest BCUT2D eigenvalue weighted by atomic mass is 19.1. The first-order chi connectivity index (χ1) is 17.4. The number of hydrogen-bond donors (Lipinski definition) is 3. The van der Waals surface area contributed by atoms with Crippen LogP contribution in [-0.2, 0) is 16.1 Å². The van der Waals surface area contributed by atoms with E-state index in [4.69, 9.17) is 20.4 Å². The molecule has 0 aliphatic rings. The van der Waals surface area contributed by atoms with Gasteiger partial charge in [0.15, 0.2) is 17.5 Å². The summed E-state index contributed by atoms with van der Waals surface area (Å²) in [6, 6.07) is 9.51. The summed E-state index contributed by atoms with van der Waals surface area (Å²) in [5, 5.41) is 18.8. The number of hydrogen-bond acceptors (Lipinski definition) is 9. The van der Waals surface area contributed by atoms with Crippen molar-refractivity contribution in [3.63, 3.8) is 0 Å². The molecule has 0 aliphatic carbocycles. The molecule has 0 saturated heterocycles. The number of halogens is 2. The van der Waals surface area contributed by atoms with Gasteiger partial charge in [-0.05, 0) is 12.1 Å². The van der Waals surface area contributed by atoms with Gasteiger partial charge in [-0.1, -0.05) is 23.4 Å². The summed E-state index contributed by atoms with van der Waals surface area (Å²) in [5.74, 6) is -2.39. The molecule has 3 aromatic heterocycles. The Balaban J connectivity index is 1.70. The fraction of sp³-hybridized carbons (Fsp3) is 0.130. The first-order valence-corrected chi connectivity index (χ1v) is 10.5. The number of amides is 1. The number of rotatable bonds is 9. The molecule has 13 heteroatoms. The van der Waals surface area contributed by atoms with Gasteiger partial charge in [0.1, 0.15) is 23.5 Å². The molecular weight excluding hydrogens is 474 g/mol. The van der Waals surface area contributed by atoms with E-state index in [0.717, 1.165) is 6.20 Å². The molecule has 4 aromatic rings. The van der Waals surface area contributed by atoms with E-state index in [1.54, 1.807) is 30.3 Å². The Morgan fingerprint density at radius 1 is 1.25 bits per heavy atom. The number of anilines is 1. The molecule has 0 saturated carbocycles. The van der Waals surface area contributed by atoms with Crippen molar-refractivity contribution in [2.24, 2.45) is 5.73 Å². The molecule has 36 heavy (non-hydrogen) atoms. The van der Waals surface area contributed by atoms with Crippen LogP contribution < -0.4 is 11.1 Å². The number of carbonyl (C=O) groups is 1. The molecule has 0 spiro atoms. The Hall–Kier alpha value is -4.94. The van der Waals surface area contributed by atoms with Crippen molar-refractivity contribution in [1.82, 2.24) is 24.9 Å². The van der Waals surface area contributed by atoms with Crippen molar-refractivity contribution in [1.29, 1.82) is 5.41 Å². The molecule has 3 heterocycles. The molecule has 0 radical (unpaired) electrons. The summed E-state index contributed by atoms with van der Waals surface area (Å²) in [6.07, 6.45) is 3.23. The quantitative estimate of drug-likeness (QED) is 0.237. The molecule has 1 aromatic carbocycles. The van der Waals surface area contributed by atoms with Gasteiger partial charge in [0.05, 0.1) is 32.0 Å². The molecule has 0 bridgehead atoms. The number of primary amides is 1. The Labute approximate surface area is 203 Å². The van der Waals surface area contributed by atoms with E-state index in [2.05, 4.69) is 25.5 Å². The Bertz CT molecular complexity index is 1430. The Kier molecular flexibility index (Phi) is 7.09. The SMILES string of the molecule is COC(=N)/C(=C\Nc1nc(-c2cc(-c3ccon3)n(Cc3ccccc3F)n2)ncc1F)CC(N)=O. The van der Waals surface area contributed by atoms with Gasteiger partial charge in [-0.3, -0.25) is 14.9 Å². The first-order valence-electron chi connectivity index (χ1n) is 10.5. The molecule has 11 nitrogen and oxygen atoms in total. The molecule has 1 amide bonds. The van der Waals surface area contributed by atoms with Gasteiger partial charge in [-0.2, -0.15) is 5.10 Å². The molecular formula is C23H20F2N8O3. The second-order valence-corrected chi connectivity index (χ2v) is 7.43. The largest absolute Gasteiger partial charge is 0.481 e. The third-order valence-corrected chi connectivity index (χ3v) is 4.97. The predicted molar refractivity (Wildman–Crippen MR) is 124 cm³/mol. The maximum Gasteiger partial charge on any atom is 0.222 e. The van der Waals surface area contributed by atoms with Crippen LogP contribution in [0.2, 0.25) is 0 Å². The normalized spacial score (nSPS) is 11.4. The zero-order valence-electron chi connectivity index (χ0n) is 18.9. The zero-order valence-corrected chi connectivity index (χ0v) is 18.9. The fourth-order valence-corrected chi connectivity index (χ4v) is 3.25. The maximum atomic E-state index is 14.4. The van der Waals surface area contributed by atoms with Crippen molar-refractivity contribution < 1.29 is 22.8 Å². The lowest BCUT2D eigenvalue weighted by atomic mass is 10.2. The van der Waals surface area contributed by atoms with Crippen molar-refractivity contribution in [3.8, 4) is 22.9 Å². The summed E-state index contributed by atoms with van der Waals surface area (Å²) in [6.45, 7) is 0.0829. The summed E-state index contributed by atoms with van der Waals surface area (Å²) in [4.78, 5) is 19.5. The van der Waals surface area contributed by atoms with Crippen LogP contribution in [0.1, 0.15) is 12.0 Å². The van der Waals surface area contributed by atoms with Gasteiger partial charge >= 0.3 is 0 Å². The monoisotopic (exact) mass is 494 g/mol. The van der Waals surface area contributed by atoms with Crippen LogP contribution in [-0.4, -0.2) is 43.8 Å². The number of nitrogens with one attached hydrogen (secondary N) is 2. The second kappa shape index (κ2) is 10.5. The van der Waals surface area contributed by atoms with E-state index in [0.29, 0.717) is 17.0 Å². The molecule has 0 aliphatic heterocycles. The zero-order chi connectivity index (χ0) is 25.7. The minimum absolute atomic E-state index is 0.0580. The van der Waals surface area contributed by atoms with Crippen LogP contribution in [0.25, 0.3) is 22.9 Å². The third-order valence-electron chi connectivity index (χ3n) is 4.97. The van der Waals surface area contributed by atoms with Crippen LogP contribution >= 0.6 is 0 Å². The summed E-state index contributed by atoms with van der Waals surface area (Å²) >= 11 is 0. The minimum Gasteiger partial charge on any atom is -0.481 e. The highest BCUT2D eigenvalue weighted by molar-refractivity contribution is 5.96. The average Bonchev–Trinajstić information content (AvgIpc) is 3.53. The minimum atomic E-state index is -0.792. The average molecular weight is 494 g/mol. The van der Waals surface area contributed by atoms with Gasteiger partial charge in [-0.15, -0.1) is 0 Å². The summed E-state index contributed by atoms with van der Waals surface area (Å²) in [7, 11) is 1.25. The van der Waals surface area contributed by atoms with E-state index < -0.39 is 17.5 Å². The molecule has 184 valence electrons. The number of carbonyl (C=O) groups excluding carboxylic acids is 1. The topological polar surface area (TPSA) is 158 Å². The van der Waals surface area contributed by atoms with Crippen molar-refractivity contribution in [2.75, 3.05) is 12.4 Å². The molecule has 4 N–H and O–H groups in total. The first kappa shape index (κ1) is 24.2. The number of methoxy groups -OCH3 is 1. The van der Waals surface area contributed by atoms with E-state index in [1.807, 2.05) is 0 Å². The van der Waals surface area contributed by atoms with Crippen molar-refractivity contribution in [3.05, 3.63) is 77.8 Å². The second-order valence-electron chi connectivity index (χ2n) is 7.43. The number of nitrogens with zero attached hydrogens (tertiary/aromatic N) is 5. The van der Waals surface area contributed by atoms with E-state index in [1.165, 1.54) is 30.3 Å². The van der Waals surface area contributed by atoms with E-state index in [9.17, 15) is 13.6 Å². The van der Waals surface area contributed by atoms with Crippen LogP contribution in [0.5, 0.6) is 0 Å². The van der Waals surface area contributed by atoms with E-state index in [-0.39, 0.29) is 41.8 Å².